The Labute approximate surface area is 134 Å². The number of carbonyl (C=O) groups excluding carboxylic acids is 1. The average Bonchev–Trinajstić information content (AvgIpc) is 2.86. The van der Waals surface area contributed by atoms with E-state index in [0.29, 0.717) is 15.9 Å². The molecule has 2 rings (SSSR count). The predicted octanol–water partition coefficient (Wildman–Crippen LogP) is 4.03. The van der Waals surface area contributed by atoms with Crippen LogP contribution in [-0.4, -0.2) is 27.6 Å². The molecule has 20 heavy (non-hydrogen) atoms. The fourth-order valence-electron chi connectivity index (χ4n) is 1.28. The van der Waals surface area contributed by atoms with Crippen molar-refractivity contribution in [3.05, 3.63) is 29.3 Å². The zero-order chi connectivity index (χ0) is 14.4. The molecule has 0 aliphatic heterocycles. The lowest BCUT2D eigenvalue weighted by Crippen LogP contribution is -2.13. The van der Waals surface area contributed by atoms with Gasteiger partial charge in [-0.05, 0) is 30.0 Å². The van der Waals surface area contributed by atoms with E-state index in [0.717, 1.165) is 15.0 Å². The van der Waals surface area contributed by atoms with Crippen molar-refractivity contribution in [2.24, 2.45) is 0 Å². The molecule has 0 fully saturated rings. The topological polar surface area (TPSA) is 54.9 Å². The van der Waals surface area contributed by atoms with Crippen LogP contribution in [0, 0.1) is 0 Å². The third-order valence-electron chi connectivity index (χ3n) is 2.10. The molecule has 2 aromatic rings. The van der Waals surface area contributed by atoms with Gasteiger partial charge in [0.05, 0.1) is 5.75 Å². The number of halogens is 1. The monoisotopic (exact) mass is 345 g/mol. The van der Waals surface area contributed by atoms with E-state index < -0.39 is 0 Å². The maximum atomic E-state index is 11.8. The van der Waals surface area contributed by atoms with Gasteiger partial charge >= 0.3 is 0 Å². The summed E-state index contributed by atoms with van der Waals surface area (Å²) < 4.78 is 0.869. The first-order valence-corrected chi connectivity index (χ1v) is 8.98. The molecule has 1 aromatic heterocycles. The summed E-state index contributed by atoms with van der Waals surface area (Å²) in [6.45, 7) is 2.05. The lowest BCUT2D eigenvalue weighted by Gasteiger charge is -2.01. The number of nitrogens with one attached hydrogen (secondary N) is 1. The largest absolute Gasteiger partial charge is 0.300 e. The van der Waals surface area contributed by atoms with Crippen LogP contribution < -0.4 is 5.32 Å². The number of carbonyl (C=O) groups is 1. The summed E-state index contributed by atoms with van der Waals surface area (Å²) in [7, 11) is 0. The second-order valence-corrected chi connectivity index (χ2v) is 7.57. The van der Waals surface area contributed by atoms with Crippen molar-refractivity contribution < 1.29 is 4.79 Å². The number of benzene rings is 1. The standard InChI is InChI=1S/C12H12ClN3OS3/c1-2-18-12-16-15-11(20-12)14-10(17)7-19-9-5-3-8(13)4-6-9/h3-6H,2,7H2,1H3,(H,14,15,17). The van der Waals surface area contributed by atoms with E-state index >= 15 is 0 Å². The van der Waals surface area contributed by atoms with E-state index in [4.69, 9.17) is 11.6 Å². The van der Waals surface area contributed by atoms with Gasteiger partial charge in [0.2, 0.25) is 11.0 Å². The number of hydrogen-bond acceptors (Lipinski definition) is 6. The van der Waals surface area contributed by atoms with Gasteiger partial charge in [-0.2, -0.15) is 0 Å². The molecule has 0 aliphatic rings. The Morgan fingerprint density at radius 1 is 1.30 bits per heavy atom. The van der Waals surface area contributed by atoms with Crippen LogP contribution >= 0.6 is 46.5 Å². The molecule has 1 aromatic carbocycles. The van der Waals surface area contributed by atoms with Crippen molar-refractivity contribution in [2.45, 2.75) is 16.2 Å². The van der Waals surface area contributed by atoms with Crippen LogP contribution in [0.4, 0.5) is 5.13 Å². The molecule has 1 N–H and O–H groups in total. The molecule has 0 spiro atoms. The normalized spacial score (nSPS) is 10.5. The molecule has 0 atom stereocenters. The third-order valence-corrected chi connectivity index (χ3v) is 5.22. The maximum absolute atomic E-state index is 11.8. The first-order valence-electron chi connectivity index (χ1n) is 5.82. The highest BCUT2D eigenvalue weighted by atomic mass is 35.5. The van der Waals surface area contributed by atoms with Crippen molar-refractivity contribution in [3.8, 4) is 0 Å². The molecule has 0 bridgehead atoms. The molecule has 0 radical (unpaired) electrons. The van der Waals surface area contributed by atoms with Crippen LogP contribution in [0.1, 0.15) is 6.92 Å². The zero-order valence-electron chi connectivity index (χ0n) is 10.6. The minimum atomic E-state index is -0.0888. The Bertz CT molecular complexity index is 574. The van der Waals surface area contributed by atoms with Gasteiger partial charge in [0.25, 0.3) is 0 Å². The molecule has 1 amide bonds. The third kappa shape index (κ3) is 4.97. The van der Waals surface area contributed by atoms with Gasteiger partial charge in [0.15, 0.2) is 4.34 Å². The lowest BCUT2D eigenvalue weighted by molar-refractivity contribution is -0.113. The number of anilines is 1. The Balaban J connectivity index is 1.81. The van der Waals surface area contributed by atoms with Crippen LogP contribution in [0.3, 0.4) is 0 Å². The predicted molar refractivity (Wildman–Crippen MR) is 87.1 cm³/mol. The van der Waals surface area contributed by atoms with E-state index in [1.54, 1.807) is 23.9 Å². The molecule has 8 heteroatoms. The van der Waals surface area contributed by atoms with Gasteiger partial charge in [0.1, 0.15) is 0 Å². The molecule has 0 unspecified atom stereocenters. The van der Waals surface area contributed by atoms with Crippen molar-refractivity contribution in [3.63, 3.8) is 0 Å². The van der Waals surface area contributed by atoms with Crippen molar-refractivity contribution in [2.75, 3.05) is 16.8 Å². The van der Waals surface area contributed by atoms with Crippen LogP contribution in [-0.2, 0) is 4.79 Å². The van der Waals surface area contributed by atoms with Crippen LogP contribution in [0.25, 0.3) is 0 Å². The maximum Gasteiger partial charge on any atom is 0.236 e. The number of amides is 1. The molecule has 106 valence electrons. The van der Waals surface area contributed by atoms with E-state index in [-0.39, 0.29) is 5.91 Å². The van der Waals surface area contributed by atoms with Crippen LogP contribution in [0.15, 0.2) is 33.5 Å². The summed E-state index contributed by atoms with van der Waals surface area (Å²) >= 11 is 10.3. The van der Waals surface area contributed by atoms with E-state index in [9.17, 15) is 4.79 Å². The summed E-state index contributed by atoms with van der Waals surface area (Å²) in [4.78, 5) is 12.8. The number of nitrogens with zero attached hydrogens (tertiary/aromatic N) is 2. The van der Waals surface area contributed by atoms with E-state index in [1.165, 1.54) is 23.1 Å². The fraction of sp³-hybridized carbons (Fsp3) is 0.250. The van der Waals surface area contributed by atoms with Gasteiger partial charge < -0.3 is 0 Å². The van der Waals surface area contributed by atoms with Crippen molar-refractivity contribution >= 4 is 57.5 Å². The number of rotatable bonds is 6. The molecule has 0 saturated carbocycles. The fourth-order valence-corrected chi connectivity index (χ4v) is 3.77. The van der Waals surface area contributed by atoms with Crippen LogP contribution in [0.5, 0.6) is 0 Å². The summed E-state index contributed by atoms with van der Waals surface area (Å²) in [5, 5.41) is 11.9. The Morgan fingerprint density at radius 3 is 2.75 bits per heavy atom. The first-order chi connectivity index (χ1) is 9.67. The number of aromatic nitrogens is 2. The second kappa shape index (κ2) is 7.87. The molecule has 0 saturated heterocycles. The first kappa shape index (κ1) is 15.6. The zero-order valence-corrected chi connectivity index (χ0v) is 13.8. The van der Waals surface area contributed by atoms with Crippen molar-refractivity contribution in [1.29, 1.82) is 0 Å². The summed E-state index contributed by atoms with van der Waals surface area (Å²) in [6.07, 6.45) is 0. The van der Waals surface area contributed by atoms with Crippen molar-refractivity contribution in [1.82, 2.24) is 10.2 Å². The minimum Gasteiger partial charge on any atom is -0.300 e. The molecule has 1 heterocycles. The number of thioether (sulfide) groups is 2. The highest BCUT2D eigenvalue weighted by Gasteiger charge is 2.08. The highest BCUT2D eigenvalue weighted by molar-refractivity contribution is 8.01. The minimum absolute atomic E-state index is 0.0888. The van der Waals surface area contributed by atoms with Gasteiger partial charge in [0, 0.05) is 9.92 Å². The summed E-state index contributed by atoms with van der Waals surface area (Å²) in [6, 6.07) is 7.39. The van der Waals surface area contributed by atoms with Gasteiger partial charge in [-0.1, -0.05) is 41.6 Å². The smallest absolute Gasteiger partial charge is 0.236 e. The molecule has 4 nitrogen and oxygen atoms in total. The van der Waals surface area contributed by atoms with Gasteiger partial charge in [-0.15, -0.1) is 22.0 Å². The van der Waals surface area contributed by atoms with Crippen LogP contribution in [0.2, 0.25) is 5.02 Å². The van der Waals surface area contributed by atoms with E-state index in [1.807, 2.05) is 19.1 Å². The number of hydrogen-bond donors (Lipinski definition) is 1. The van der Waals surface area contributed by atoms with Gasteiger partial charge in [-0.3, -0.25) is 10.1 Å². The Kier molecular flexibility index (Phi) is 6.15. The second-order valence-electron chi connectivity index (χ2n) is 3.60. The van der Waals surface area contributed by atoms with E-state index in [2.05, 4.69) is 15.5 Å². The highest BCUT2D eigenvalue weighted by Crippen LogP contribution is 2.25. The summed E-state index contributed by atoms with van der Waals surface area (Å²) in [5.41, 5.74) is 0. The van der Waals surface area contributed by atoms with Gasteiger partial charge in [-0.25, -0.2) is 0 Å². The molecular formula is C12H12ClN3OS3. The summed E-state index contributed by atoms with van der Waals surface area (Å²) in [5.74, 6) is 1.18. The molecule has 0 aliphatic carbocycles. The quantitative estimate of drug-likeness (QED) is 0.632. The Hall–Kier alpha value is -0.760. The lowest BCUT2D eigenvalue weighted by atomic mass is 10.4. The SMILES string of the molecule is CCSc1nnc(NC(=O)CSc2ccc(Cl)cc2)s1. The average molecular weight is 346 g/mol. The molecular weight excluding hydrogens is 334 g/mol. The Morgan fingerprint density at radius 2 is 2.05 bits per heavy atom.